The highest BCUT2D eigenvalue weighted by molar-refractivity contribution is 6.00. The van der Waals surface area contributed by atoms with Crippen molar-refractivity contribution in [3.05, 3.63) is 54.6 Å². The van der Waals surface area contributed by atoms with Gasteiger partial charge >= 0.3 is 0 Å². The number of carbonyl (C=O) groups is 2. The molecule has 0 saturated carbocycles. The molecule has 0 atom stereocenters. The highest BCUT2D eigenvalue weighted by atomic mass is 16.2. The first-order valence-corrected chi connectivity index (χ1v) is 5.50. The van der Waals surface area contributed by atoms with E-state index in [0.29, 0.717) is 12.2 Å². The fourth-order valence-corrected chi connectivity index (χ4v) is 1.48. The standard InChI is InChI=1S/C14H16N2O2/c1-4-12(17)15-9-11-8-6-7-10(3)14(11)16-13(18)5-2/h4-8H,1-2,9H2,3H3,(H,15,17)(H,16,18). The SMILES string of the molecule is C=CC(=O)NCc1cccc(C)c1NC(=O)C=C. The van der Waals surface area contributed by atoms with Crippen LogP contribution in [0.15, 0.2) is 43.5 Å². The van der Waals surface area contributed by atoms with Crippen LogP contribution in [-0.4, -0.2) is 11.8 Å². The van der Waals surface area contributed by atoms with Crippen LogP contribution in [0, 0.1) is 6.92 Å². The van der Waals surface area contributed by atoms with E-state index in [1.54, 1.807) is 0 Å². The summed E-state index contributed by atoms with van der Waals surface area (Å²) < 4.78 is 0. The Morgan fingerprint density at radius 1 is 1.22 bits per heavy atom. The van der Waals surface area contributed by atoms with Crippen LogP contribution in [-0.2, 0) is 16.1 Å². The molecule has 0 aliphatic heterocycles. The molecule has 0 spiro atoms. The van der Waals surface area contributed by atoms with Gasteiger partial charge < -0.3 is 10.6 Å². The second kappa shape index (κ2) is 6.39. The van der Waals surface area contributed by atoms with Crippen LogP contribution in [0.1, 0.15) is 11.1 Å². The lowest BCUT2D eigenvalue weighted by Crippen LogP contribution is -2.21. The normalized spacial score (nSPS) is 9.39. The largest absolute Gasteiger partial charge is 0.348 e. The summed E-state index contributed by atoms with van der Waals surface area (Å²) in [5.41, 5.74) is 2.46. The van der Waals surface area contributed by atoms with Gasteiger partial charge in [0.25, 0.3) is 0 Å². The Balaban J connectivity index is 2.92. The van der Waals surface area contributed by atoms with E-state index in [4.69, 9.17) is 0 Å². The molecule has 0 aliphatic carbocycles. The van der Waals surface area contributed by atoms with Crippen LogP contribution in [0.4, 0.5) is 5.69 Å². The Bertz CT molecular complexity index is 493. The van der Waals surface area contributed by atoms with Gasteiger partial charge in [-0.25, -0.2) is 0 Å². The average molecular weight is 244 g/mol. The van der Waals surface area contributed by atoms with E-state index in [1.165, 1.54) is 12.2 Å². The predicted molar refractivity (Wildman–Crippen MR) is 72.0 cm³/mol. The molecular weight excluding hydrogens is 228 g/mol. The number of para-hydroxylation sites is 1. The molecule has 2 N–H and O–H groups in total. The maximum atomic E-state index is 11.3. The number of aryl methyl sites for hydroxylation is 1. The monoisotopic (exact) mass is 244 g/mol. The average Bonchev–Trinajstić information content (AvgIpc) is 2.38. The minimum Gasteiger partial charge on any atom is -0.348 e. The number of amides is 2. The Morgan fingerprint density at radius 2 is 1.89 bits per heavy atom. The van der Waals surface area contributed by atoms with Crippen LogP contribution < -0.4 is 10.6 Å². The van der Waals surface area contributed by atoms with Crippen molar-refractivity contribution < 1.29 is 9.59 Å². The third-order valence-corrected chi connectivity index (χ3v) is 2.43. The summed E-state index contributed by atoms with van der Waals surface area (Å²) in [5, 5.41) is 5.41. The molecule has 2 amide bonds. The molecule has 0 heterocycles. The highest BCUT2D eigenvalue weighted by Crippen LogP contribution is 2.20. The zero-order valence-corrected chi connectivity index (χ0v) is 10.3. The van der Waals surface area contributed by atoms with Gasteiger partial charge in [-0.2, -0.15) is 0 Å². The van der Waals surface area contributed by atoms with Crippen molar-refractivity contribution >= 4 is 17.5 Å². The van der Waals surface area contributed by atoms with Crippen molar-refractivity contribution in [3.63, 3.8) is 0 Å². The number of hydrogen-bond acceptors (Lipinski definition) is 2. The summed E-state index contributed by atoms with van der Waals surface area (Å²) in [6.45, 7) is 9.01. The van der Waals surface area contributed by atoms with Crippen molar-refractivity contribution in [2.75, 3.05) is 5.32 Å². The number of benzene rings is 1. The summed E-state index contributed by atoms with van der Waals surface area (Å²) in [5.74, 6) is -0.530. The lowest BCUT2D eigenvalue weighted by Gasteiger charge is -2.13. The molecule has 0 unspecified atom stereocenters. The van der Waals surface area contributed by atoms with E-state index in [9.17, 15) is 9.59 Å². The second-order valence-corrected chi connectivity index (χ2v) is 3.72. The van der Waals surface area contributed by atoms with E-state index in [1.807, 2.05) is 25.1 Å². The van der Waals surface area contributed by atoms with Gasteiger partial charge in [0.05, 0.1) is 0 Å². The predicted octanol–water partition coefficient (Wildman–Crippen LogP) is 1.92. The van der Waals surface area contributed by atoms with Gasteiger partial charge in [-0.3, -0.25) is 9.59 Å². The van der Waals surface area contributed by atoms with Crippen molar-refractivity contribution in [2.24, 2.45) is 0 Å². The Labute approximate surface area is 106 Å². The zero-order chi connectivity index (χ0) is 13.5. The van der Waals surface area contributed by atoms with E-state index in [-0.39, 0.29) is 11.8 Å². The van der Waals surface area contributed by atoms with Crippen LogP contribution >= 0.6 is 0 Å². The molecule has 18 heavy (non-hydrogen) atoms. The van der Waals surface area contributed by atoms with Crippen molar-refractivity contribution in [3.8, 4) is 0 Å². The summed E-state index contributed by atoms with van der Waals surface area (Å²) in [6.07, 6.45) is 2.41. The third kappa shape index (κ3) is 3.59. The summed E-state index contributed by atoms with van der Waals surface area (Å²) in [6, 6.07) is 5.60. The maximum absolute atomic E-state index is 11.3. The number of anilines is 1. The molecule has 1 aromatic carbocycles. The molecule has 1 aromatic rings. The smallest absolute Gasteiger partial charge is 0.247 e. The van der Waals surface area contributed by atoms with E-state index < -0.39 is 0 Å². The number of nitrogens with one attached hydrogen (secondary N) is 2. The second-order valence-electron chi connectivity index (χ2n) is 3.72. The van der Waals surface area contributed by atoms with Gasteiger partial charge in [0.15, 0.2) is 0 Å². The van der Waals surface area contributed by atoms with Gasteiger partial charge in [-0.05, 0) is 30.2 Å². The van der Waals surface area contributed by atoms with Gasteiger partial charge in [0.1, 0.15) is 0 Å². The molecule has 0 aromatic heterocycles. The van der Waals surface area contributed by atoms with Gasteiger partial charge in [-0.15, -0.1) is 0 Å². The first-order chi connectivity index (χ1) is 8.58. The first kappa shape index (κ1) is 13.7. The quantitative estimate of drug-likeness (QED) is 0.777. The Kier molecular flexibility index (Phi) is 4.87. The molecule has 94 valence electrons. The molecule has 4 nitrogen and oxygen atoms in total. The topological polar surface area (TPSA) is 58.2 Å². The lowest BCUT2D eigenvalue weighted by molar-refractivity contribution is -0.116. The molecule has 0 radical (unpaired) electrons. The summed E-state index contributed by atoms with van der Waals surface area (Å²) in [4.78, 5) is 22.5. The van der Waals surface area contributed by atoms with Gasteiger partial charge in [0, 0.05) is 12.2 Å². The first-order valence-electron chi connectivity index (χ1n) is 5.50. The van der Waals surface area contributed by atoms with Crippen molar-refractivity contribution in [1.29, 1.82) is 0 Å². The summed E-state index contributed by atoms with van der Waals surface area (Å²) >= 11 is 0. The summed E-state index contributed by atoms with van der Waals surface area (Å²) in [7, 11) is 0. The molecule has 0 saturated heterocycles. The minimum atomic E-state index is -0.277. The Morgan fingerprint density at radius 3 is 2.50 bits per heavy atom. The van der Waals surface area contributed by atoms with E-state index in [2.05, 4.69) is 23.8 Å². The fraction of sp³-hybridized carbons (Fsp3) is 0.143. The maximum Gasteiger partial charge on any atom is 0.247 e. The van der Waals surface area contributed by atoms with Crippen molar-refractivity contribution in [1.82, 2.24) is 5.32 Å². The van der Waals surface area contributed by atoms with Crippen LogP contribution in [0.5, 0.6) is 0 Å². The molecule has 0 fully saturated rings. The molecule has 0 bridgehead atoms. The number of carbonyl (C=O) groups excluding carboxylic acids is 2. The van der Waals surface area contributed by atoms with Crippen LogP contribution in [0.25, 0.3) is 0 Å². The van der Waals surface area contributed by atoms with E-state index in [0.717, 1.165) is 11.1 Å². The van der Waals surface area contributed by atoms with Crippen molar-refractivity contribution in [2.45, 2.75) is 13.5 Å². The fourth-order valence-electron chi connectivity index (χ4n) is 1.48. The lowest BCUT2D eigenvalue weighted by atomic mass is 10.1. The molecular formula is C14H16N2O2. The zero-order valence-electron chi connectivity index (χ0n) is 10.3. The minimum absolute atomic E-state index is 0.252. The number of rotatable bonds is 5. The number of hydrogen-bond donors (Lipinski definition) is 2. The van der Waals surface area contributed by atoms with E-state index >= 15 is 0 Å². The Hall–Kier alpha value is -2.36. The van der Waals surface area contributed by atoms with Gasteiger partial charge in [-0.1, -0.05) is 31.4 Å². The van der Waals surface area contributed by atoms with Crippen LogP contribution in [0.2, 0.25) is 0 Å². The molecule has 4 heteroatoms. The third-order valence-electron chi connectivity index (χ3n) is 2.43. The molecule has 0 aliphatic rings. The van der Waals surface area contributed by atoms with Gasteiger partial charge in [0.2, 0.25) is 11.8 Å². The van der Waals surface area contributed by atoms with Crippen LogP contribution in [0.3, 0.4) is 0 Å². The molecule has 1 rings (SSSR count). The highest BCUT2D eigenvalue weighted by Gasteiger charge is 2.08.